The van der Waals surface area contributed by atoms with Crippen molar-refractivity contribution in [3.63, 3.8) is 0 Å². The normalized spacial score (nSPS) is 35.9. The van der Waals surface area contributed by atoms with Crippen molar-refractivity contribution in [1.82, 2.24) is 0 Å². The molecule has 78 valence electrons. The molecule has 1 fully saturated rings. The SMILES string of the molecule is C/C=C/C1(O)C=CC2(CCCC2)CC1. The fourth-order valence-electron chi connectivity index (χ4n) is 2.86. The fraction of sp³-hybridized carbons (Fsp3) is 0.692. The van der Waals surface area contributed by atoms with Gasteiger partial charge in [0.05, 0.1) is 0 Å². The first-order chi connectivity index (χ1) is 6.68. The summed E-state index contributed by atoms with van der Waals surface area (Å²) in [7, 11) is 0. The molecule has 1 spiro atoms. The third kappa shape index (κ3) is 1.78. The predicted octanol–water partition coefficient (Wildman–Crippen LogP) is 3.20. The first-order valence-corrected chi connectivity index (χ1v) is 5.75. The van der Waals surface area contributed by atoms with E-state index in [1.165, 1.54) is 25.7 Å². The summed E-state index contributed by atoms with van der Waals surface area (Å²) in [5.41, 5.74) is -0.198. The van der Waals surface area contributed by atoms with E-state index >= 15 is 0 Å². The monoisotopic (exact) mass is 192 g/mol. The van der Waals surface area contributed by atoms with Gasteiger partial charge in [0, 0.05) is 0 Å². The Hall–Kier alpha value is -0.560. The molecular weight excluding hydrogens is 172 g/mol. The predicted molar refractivity (Wildman–Crippen MR) is 59.0 cm³/mol. The van der Waals surface area contributed by atoms with Crippen LogP contribution in [0.15, 0.2) is 24.3 Å². The van der Waals surface area contributed by atoms with Crippen LogP contribution in [0.5, 0.6) is 0 Å². The lowest BCUT2D eigenvalue weighted by Gasteiger charge is -2.35. The summed E-state index contributed by atoms with van der Waals surface area (Å²) >= 11 is 0. The summed E-state index contributed by atoms with van der Waals surface area (Å²) in [4.78, 5) is 0. The van der Waals surface area contributed by atoms with Crippen LogP contribution in [0.1, 0.15) is 45.4 Å². The minimum absolute atomic E-state index is 0.452. The Bertz CT molecular complexity index is 258. The van der Waals surface area contributed by atoms with Gasteiger partial charge in [0.15, 0.2) is 0 Å². The molecule has 0 radical (unpaired) electrons. The van der Waals surface area contributed by atoms with Gasteiger partial charge in [-0.25, -0.2) is 0 Å². The summed E-state index contributed by atoms with van der Waals surface area (Å²) in [6, 6.07) is 0. The van der Waals surface area contributed by atoms with Crippen LogP contribution in [0.25, 0.3) is 0 Å². The van der Waals surface area contributed by atoms with Gasteiger partial charge in [-0.1, -0.05) is 37.1 Å². The smallest absolute Gasteiger partial charge is 0.101 e. The van der Waals surface area contributed by atoms with Gasteiger partial charge in [0.1, 0.15) is 5.60 Å². The van der Waals surface area contributed by atoms with Gasteiger partial charge < -0.3 is 5.11 Å². The summed E-state index contributed by atoms with van der Waals surface area (Å²) in [6.07, 6.45) is 15.6. The summed E-state index contributed by atoms with van der Waals surface area (Å²) in [6.45, 7) is 1.96. The highest BCUT2D eigenvalue weighted by Crippen LogP contribution is 2.47. The quantitative estimate of drug-likeness (QED) is 0.632. The maximum absolute atomic E-state index is 10.1. The van der Waals surface area contributed by atoms with Crippen molar-refractivity contribution in [2.75, 3.05) is 0 Å². The molecule has 0 heterocycles. The average molecular weight is 192 g/mol. The maximum atomic E-state index is 10.1. The molecule has 1 heteroatoms. The van der Waals surface area contributed by atoms with E-state index in [0.717, 1.165) is 12.8 Å². The number of allylic oxidation sites excluding steroid dienone is 2. The van der Waals surface area contributed by atoms with Crippen LogP contribution in [0.2, 0.25) is 0 Å². The van der Waals surface area contributed by atoms with Crippen LogP contribution in [-0.2, 0) is 0 Å². The Labute approximate surface area is 86.5 Å². The van der Waals surface area contributed by atoms with Crippen molar-refractivity contribution in [2.45, 2.75) is 51.0 Å². The fourth-order valence-corrected chi connectivity index (χ4v) is 2.86. The van der Waals surface area contributed by atoms with Gasteiger partial charge in [0.25, 0.3) is 0 Å². The Kier molecular flexibility index (Phi) is 2.52. The Morgan fingerprint density at radius 3 is 2.29 bits per heavy atom. The standard InChI is InChI=1S/C13H20O/c1-2-5-13(14)10-8-12(9-11-13)6-3-4-7-12/h2,5,8,10,14H,3-4,6-7,9,11H2,1H3/b5-2+. The van der Waals surface area contributed by atoms with Crippen LogP contribution in [-0.4, -0.2) is 10.7 Å². The van der Waals surface area contributed by atoms with E-state index in [1.807, 2.05) is 25.2 Å². The minimum Gasteiger partial charge on any atom is -0.382 e. The van der Waals surface area contributed by atoms with E-state index in [9.17, 15) is 5.11 Å². The third-order valence-electron chi connectivity index (χ3n) is 3.80. The molecule has 2 aliphatic rings. The van der Waals surface area contributed by atoms with Crippen molar-refractivity contribution < 1.29 is 5.11 Å². The zero-order valence-electron chi connectivity index (χ0n) is 9.00. The summed E-state index contributed by atoms with van der Waals surface area (Å²) < 4.78 is 0. The van der Waals surface area contributed by atoms with Gasteiger partial charge in [-0.3, -0.25) is 0 Å². The van der Waals surface area contributed by atoms with E-state index in [2.05, 4.69) is 6.08 Å². The van der Waals surface area contributed by atoms with Crippen LogP contribution >= 0.6 is 0 Å². The molecule has 1 N–H and O–H groups in total. The highest BCUT2D eigenvalue weighted by Gasteiger charge is 2.37. The van der Waals surface area contributed by atoms with Crippen LogP contribution in [0.3, 0.4) is 0 Å². The van der Waals surface area contributed by atoms with Gasteiger partial charge in [-0.05, 0) is 38.0 Å². The minimum atomic E-state index is -0.650. The number of aliphatic hydroxyl groups is 1. The van der Waals surface area contributed by atoms with Crippen molar-refractivity contribution >= 4 is 0 Å². The van der Waals surface area contributed by atoms with E-state index < -0.39 is 5.60 Å². The van der Waals surface area contributed by atoms with Crippen molar-refractivity contribution in [2.24, 2.45) is 5.41 Å². The topological polar surface area (TPSA) is 20.2 Å². The highest BCUT2D eigenvalue weighted by atomic mass is 16.3. The third-order valence-corrected chi connectivity index (χ3v) is 3.80. The second kappa shape index (κ2) is 3.54. The zero-order chi connectivity index (χ0) is 10.1. The molecule has 0 bridgehead atoms. The molecule has 2 rings (SSSR count). The van der Waals surface area contributed by atoms with Gasteiger partial charge in [0.2, 0.25) is 0 Å². The lowest BCUT2D eigenvalue weighted by molar-refractivity contribution is 0.102. The molecule has 2 aliphatic carbocycles. The van der Waals surface area contributed by atoms with E-state index in [4.69, 9.17) is 0 Å². The zero-order valence-corrected chi connectivity index (χ0v) is 9.00. The summed E-state index contributed by atoms with van der Waals surface area (Å²) in [5.74, 6) is 0. The second-order valence-corrected chi connectivity index (χ2v) is 4.89. The molecule has 1 unspecified atom stereocenters. The highest BCUT2D eigenvalue weighted by molar-refractivity contribution is 5.21. The van der Waals surface area contributed by atoms with E-state index in [0.29, 0.717) is 5.41 Å². The number of rotatable bonds is 1. The molecule has 0 aromatic heterocycles. The number of hydrogen-bond donors (Lipinski definition) is 1. The van der Waals surface area contributed by atoms with E-state index in [1.54, 1.807) is 0 Å². The number of hydrogen-bond acceptors (Lipinski definition) is 1. The van der Waals surface area contributed by atoms with Crippen LogP contribution < -0.4 is 0 Å². The Balaban J connectivity index is 2.12. The van der Waals surface area contributed by atoms with Crippen LogP contribution in [0, 0.1) is 5.41 Å². The molecule has 0 amide bonds. The van der Waals surface area contributed by atoms with E-state index in [-0.39, 0.29) is 0 Å². The molecule has 1 atom stereocenters. The molecule has 1 saturated carbocycles. The van der Waals surface area contributed by atoms with Crippen molar-refractivity contribution in [1.29, 1.82) is 0 Å². The molecule has 0 aliphatic heterocycles. The van der Waals surface area contributed by atoms with Gasteiger partial charge >= 0.3 is 0 Å². The lowest BCUT2D eigenvalue weighted by Crippen LogP contribution is -2.31. The first-order valence-electron chi connectivity index (χ1n) is 5.75. The summed E-state index contributed by atoms with van der Waals surface area (Å²) in [5, 5.41) is 10.1. The van der Waals surface area contributed by atoms with Gasteiger partial charge in [-0.15, -0.1) is 0 Å². The maximum Gasteiger partial charge on any atom is 0.101 e. The largest absolute Gasteiger partial charge is 0.382 e. The second-order valence-electron chi connectivity index (χ2n) is 4.89. The van der Waals surface area contributed by atoms with Gasteiger partial charge in [-0.2, -0.15) is 0 Å². The Morgan fingerprint density at radius 2 is 1.79 bits per heavy atom. The lowest BCUT2D eigenvalue weighted by atomic mass is 9.73. The molecule has 0 saturated heterocycles. The molecule has 1 nitrogen and oxygen atoms in total. The molecule has 0 aromatic rings. The first kappa shape index (κ1) is 9.97. The van der Waals surface area contributed by atoms with Crippen molar-refractivity contribution in [3.8, 4) is 0 Å². The van der Waals surface area contributed by atoms with Crippen LogP contribution in [0.4, 0.5) is 0 Å². The molecular formula is C13H20O. The Morgan fingerprint density at radius 1 is 1.07 bits per heavy atom. The molecule has 0 aromatic carbocycles. The van der Waals surface area contributed by atoms with Crippen molar-refractivity contribution in [3.05, 3.63) is 24.3 Å². The molecule has 14 heavy (non-hydrogen) atoms. The average Bonchev–Trinajstić information content (AvgIpc) is 2.61.